The van der Waals surface area contributed by atoms with Crippen LogP contribution in [0.1, 0.15) is 49.5 Å². The van der Waals surface area contributed by atoms with Gasteiger partial charge in [-0.05, 0) is 63.1 Å². The molecule has 4 rings (SSSR count). The molecule has 5 heteroatoms. The van der Waals surface area contributed by atoms with Crippen molar-refractivity contribution >= 4 is 16.8 Å². The molecule has 2 aliphatic heterocycles. The molecular weight excluding hydrogens is 326 g/mol. The zero-order chi connectivity index (χ0) is 18.3. The standard InChI is InChI=1S/C21H27N3O2/c1-14(2)24-19-8-4-3-6-15(19)12-17(21(24)26)20(25)22-18-9-11-23-10-5-7-16(18)13-23/h3-4,6,8,12,14,16,18H,5,7,9-11,13H2,1-2H3,(H,22,25)/t16-,18?/m0/s1. The highest BCUT2D eigenvalue weighted by atomic mass is 16.2. The highest BCUT2D eigenvalue weighted by Crippen LogP contribution is 2.27. The average Bonchev–Trinajstić information content (AvgIpc) is 2.63. The van der Waals surface area contributed by atoms with E-state index in [4.69, 9.17) is 0 Å². The first-order valence-electron chi connectivity index (χ1n) is 9.72. The summed E-state index contributed by atoms with van der Waals surface area (Å²) in [5.41, 5.74) is 0.942. The number of fused-ring (bicyclic) bond motifs is 3. The van der Waals surface area contributed by atoms with E-state index < -0.39 is 0 Å². The van der Waals surface area contributed by atoms with E-state index in [9.17, 15) is 9.59 Å². The van der Waals surface area contributed by atoms with Crippen LogP contribution in [0.4, 0.5) is 0 Å². The summed E-state index contributed by atoms with van der Waals surface area (Å²) in [6.07, 6.45) is 3.34. The topological polar surface area (TPSA) is 54.3 Å². The summed E-state index contributed by atoms with van der Waals surface area (Å²) >= 11 is 0. The minimum Gasteiger partial charge on any atom is -0.349 e. The Balaban J connectivity index is 1.66. The van der Waals surface area contributed by atoms with Gasteiger partial charge in [-0.2, -0.15) is 0 Å². The second-order valence-corrected chi connectivity index (χ2v) is 7.96. The summed E-state index contributed by atoms with van der Waals surface area (Å²) in [5, 5.41) is 4.11. The number of rotatable bonds is 3. The number of hydrogen-bond donors (Lipinski definition) is 1. The third-order valence-electron chi connectivity index (χ3n) is 5.89. The van der Waals surface area contributed by atoms with Crippen molar-refractivity contribution in [1.29, 1.82) is 0 Å². The first-order chi connectivity index (χ1) is 12.5. The Kier molecular flexibility index (Phi) is 4.57. The fraction of sp³-hybridized carbons (Fsp3) is 0.524. The fourth-order valence-corrected chi connectivity index (χ4v) is 4.58. The predicted octanol–water partition coefficient (Wildman–Crippen LogP) is 2.80. The first kappa shape index (κ1) is 17.3. The monoisotopic (exact) mass is 353 g/mol. The summed E-state index contributed by atoms with van der Waals surface area (Å²) < 4.78 is 1.73. The number of nitrogens with zero attached hydrogens (tertiary/aromatic N) is 2. The number of hydrogen-bond acceptors (Lipinski definition) is 3. The Morgan fingerprint density at radius 1 is 1.19 bits per heavy atom. The van der Waals surface area contributed by atoms with Crippen LogP contribution in [-0.2, 0) is 0 Å². The molecule has 3 heterocycles. The normalized spacial score (nSPS) is 25.4. The van der Waals surface area contributed by atoms with Crippen LogP contribution in [0.5, 0.6) is 0 Å². The van der Waals surface area contributed by atoms with Crippen LogP contribution in [-0.4, -0.2) is 41.1 Å². The lowest BCUT2D eigenvalue weighted by molar-refractivity contribution is 0.0737. The molecule has 2 bridgehead atoms. The molecule has 3 atom stereocenters. The lowest BCUT2D eigenvalue weighted by atomic mass is 9.85. The molecule has 1 aromatic carbocycles. The number of benzene rings is 1. The summed E-state index contributed by atoms with van der Waals surface area (Å²) in [5.74, 6) is 0.286. The van der Waals surface area contributed by atoms with Gasteiger partial charge < -0.3 is 14.8 Å². The van der Waals surface area contributed by atoms with Gasteiger partial charge in [-0.1, -0.05) is 18.2 Å². The number of carbonyl (C=O) groups is 1. The fourth-order valence-electron chi connectivity index (χ4n) is 4.58. The van der Waals surface area contributed by atoms with Gasteiger partial charge in [-0.3, -0.25) is 9.59 Å². The van der Waals surface area contributed by atoms with Gasteiger partial charge in [0.2, 0.25) is 0 Å². The number of amides is 1. The molecule has 0 radical (unpaired) electrons. The smallest absolute Gasteiger partial charge is 0.264 e. The molecule has 0 spiro atoms. The molecule has 2 fully saturated rings. The highest BCUT2D eigenvalue weighted by Gasteiger charge is 2.33. The molecule has 1 aromatic heterocycles. The van der Waals surface area contributed by atoms with Crippen LogP contribution >= 0.6 is 0 Å². The number of nitrogens with one attached hydrogen (secondary N) is 1. The van der Waals surface area contributed by atoms with Crippen molar-refractivity contribution < 1.29 is 4.79 Å². The number of para-hydroxylation sites is 1. The minimum atomic E-state index is -0.223. The largest absolute Gasteiger partial charge is 0.349 e. The zero-order valence-corrected chi connectivity index (χ0v) is 15.6. The molecule has 2 unspecified atom stereocenters. The quantitative estimate of drug-likeness (QED) is 0.923. The lowest BCUT2D eigenvalue weighted by Crippen LogP contribution is -2.54. The third kappa shape index (κ3) is 3.05. The van der Waals surface area contributed by atoms with Gasteiger partial charge >= 0.3 is 0 Å². The van der Waals surface area contributed by atoms with Crippen molar-refractivity contribution in [1.82, 2.24) is 14.8 Å². The minimum absolute atomic E-state index is 0.00160. The molecule has 0 saturated carbocycles. The number of piperidine rings is 2. The number of aromatic nitrogens is 1. The van der Waals surface area contributed by atoms with E-state index in [1.807, 2.05) is 38.1 Å². The van der Waals surface area contributed by atoms with Gasteiger partial charge in [0.15, 0.2) is 0 Å². The van der Waals surface area contributed by atoms with E-state index in [1.165, 1.54) is 13.0 Å². The molecule has 2 aromatic rings. The first-order valence-corrected chi connectivity index (χ1v) is 9.72. The van der Waals surface area contributed by atoms with Gasteiger partial charge in [0.1, 0.15) is 5.56 Å². The summed E-state index contributed by atoms with van der Waals surface area (Å²) in [7, 11) is 0. The van der Waals surface area contributed by atoms with Crippen LogP contribution in [0.25, 0.3) is 10.9 Å². The molecule has 26 heavy (non-hydrogen) atoms. The molecule has 5 nitrogen and oxygen atoms in total. The molecule has 0 aliphatic carbocycles. The Bertz CT molecular complexity index is 886. The van der Waals surface area contributed by atoms with Crippen molar-refractivity contribution in [2.24, 2.45) is 5.92 Å². The zero-order valence-electron chi connectivity index (χ0n) is 15.6. The van der Waals surface area contributed by atoms with Crippen molar-refractivity contribution in [2.75, 3.05) is 19.6 Å². The van der Waals surface area contributed by atoms with Gasteiger partial charge in [0.05, 0.1) is 5.52 Å². The summed E-state index contributed by atoms with van der Waals surface area (Å²) in [6.45, 7) is 7.25. The van der Waals surface area contributed by atoms with Gasteiger partial charge in [0.25, 0.3) is 11.5 Å². The number of carbonyl (C=O) groups excluding carboxylic acids is 1. The molecule has 138 valence electrons. The van der Waals surface area contributed by atoms with Crippen molar-refractivity contribution in [3.63, 3.8) is 0 Å². The maximum absolute atomic E-state index is 13.0. The van der Waals surface area contributed by atoms with Crippen LogP contribution < -0.4 is 10.9 Å². The molecule has 1 N–H and O–H groups in total. The van der Waals surface area contributed by atoms with Crippen molar-refractivity contribution in [3.8, 4) is 0 Å². The van der Waals surface area contributed by atoms with Crippen LogP contribution in [0.15, 0.2) is 35.1 Å². The molecular formula is C21H27N3O2. The Hall–Kier alpha value is -2.14. The van der Waals surface area contributed by atoms with Gasteiger partial charge in [0, 0.05) is 25.2 Å². The van der Waals surface area contributed by atoms with E-state index in [0.29, 0.717) is 5.92 Å². The van der Waals surface area contributed by atoms with E-state index >= 15 is 0 Å². The van der Waals surface area contributed by atoms with Crippen molar-refractivity contribution in [2.45, 2.75) is 45.2 Å². The van der Waals surface area contributed by atoms with E-state index in [-0.39, 0.29) is 29.1 Å². The molecule has 2 aliphatic rings. The average molecular weight is 353 g/mol. The second kappa shape index (κ2) is 6.88. The number of pyridine rings is 1. The van der Waals surface area contributed by atoms with Crippen LogP contribution in [0.2, 0.25) is 0 Å². The summed E-state index contributed by atoms with van der Waals surface area (Å²) in [4.78, 5) is 28.5. The molecule has 1 amide bonds. The lowest BCUT2D eigenvalue weighted by Gasteiger charge is -2.42. The van der Waals surface area contributed by atoms with Gasteiger partial charge in [-0.15, -0.1) is 0 Å². The predicted molar refractivity (Wildman–Crippen MR) is 104 cm³/mol. The van der Waals surface area contributed by atoms with Crippen LogP contribution in [0.3, 0.4) is 0 Å². The van der Waals surface area contributed by atoms with E-state index in [2.05, 4.69) is 10.2 Å². The van der Waals surface area contributed by atoms with Gasteiger partial charge in [-0.25, -0.2) is 0 Å². The maximum Gasteiger partial charge on any atom is 0.264 e. The third-order valence-corrected chi connectivity index (χ3v) is 5.89. The molecule has 2 saturated heterocycles. The van der Waals surface area contributed by atoms with Crippen molar-refractivity contribution in [3.05, 3.63) is 46.2 Å². The highest BCUT2D eigenvalue weighted by molar-refractivity contribution is 5.97. The van der Waals surface area contributed by atoms with E-state index in [0.717, 1.165) is 36.8 Å². The maximum atomic E-state index is 13.0. The van der Waals surface area contributed by atoms with Crippen LogP contribution in [0, 0.1) is 5.92 Å². The Labute approximate surface area is 154 Å². The SMILES string of the molecule is CC(C)n1c(=O)c(C(=O)NC2CCN3CCC[C@H]2C3)cc2ccccc21. The second-order valence-electron chi connectivity index (χ2n) is 7.96. The summed E-state index contributed by atoms with van der Waals surface area (Å²) in [6, 6.07) is 9.70. The Morgan fingerprint density at radius 3 is 2.81 bits per heavy atom. The van der Waals surface area contributed by atoms with E-state index in [1.54, 1.807) is 10.6 Å². The Morgan fingerprint density at radius 2 is 2.00 bits per heavy atom.